The number of hydrogen-bond donors (Lipinski definition) is 1. The van der Waals surface area contributed by atoms with Gasteiger partial charge in [-0.05, 0) is 45.6 Å². The van der Waals surface area contributed by atoms with Gasteiger partial charge >= 0.3 is 5.97 Å². The van der Waals surface area contributed by atoms with E-state index in [0.29, 0.717) is 12.8 Å². The molecule has 0 unspecified atom stereocenters. The topological polar surface area (TPSA) is 38.3 Å². The van der Waals surface area contributed by atoms with Crippen molar-refractivity contribution < 1.29 is 31.5 Å². The first-order valence-electron chi connectivity index (χ1n) is 6.67. The third kappa shape index (κ3) is 3.60. The van der Waals surface area contributed by atoms with Gasteiger partial charge in [-0.1, -0.05) is 0 Å². The lowest BCUT2D eigenvalue weighted by atomic mass is 10.2. The highest BCUT2D eigenvalue weighted by molar-refractivity contribution is 7.97. The lowest BCUT2D eigenvalue weighted by Gasteiger charge is -2.24. The average Bonchev–Trinajstić information content (AvgIpc) is 3.22. The summed E-state index contributed by atoms with van der Waals surface area (Å²) in [5.74, 6) is -10.8. The first-order chi connectivity index (χ1) is 10.5. The zero-order valence-electron chi connectivity index (χ0n) is 12.5. The van der Waals surface area contributed by atoms with Gasteiger partial charge in [0.2, 0.25) is 5.82 Å². The summed E-state index contributed by atoms with van der Waals surface area (Å²) in [6, 6.07) is 0. The second kappa shape index (κ2) is 5.94. The average molecular weight is 355 g/mol. The number of carbonyl (C=O) groups is 1. The Hall–Kier alpha value is -1.35. The molecule has 1 aliphatic rings. The molecule has 1 aliphatic carbocycles. The van der Waals surface area contributed by atoms with Crippen LogP contribution in [0.15, 0.2) is 4.90 Å². The Balaban J connectivity index is 2.18. The molecule has 0 amide bonds. The van der Waals surface area contributed by atoms with Crippen molar-refractivity contribution in [1.82, 2.24) is 4.72 Å². The quantitative estimate of drug-likeness (QED) is 0.293. The van der Waals surface area contributed by atoms with Crippen molar-refractivity contribution in [2.24, 2.45) is 0 Å². The Bertz CT molecular complexity index is 627. The zero-order valence-corrected chi connectivity index (χ0v) is 13.3. The number of halogens is 5. The van der Waals surface area contributed by atoms with Gasteiger partial charge in [0.25, 0.3) is 0 Å². The number of esters is 1. The first kappa shape index (κ1) is 18.0. The van der Waals surface area contributed by atoms with Gasteiger partial charge in [-0.2, -0.15) is 0 Å². The van der Waals surface area contributed by atoms with Crippen LogP contribution in [-0.4, -0.2) is 17.1 Å². The van der Waals surface area contributed by atoms with Crippen LogP contribution in [0.3, 0.4) is 0 Å². The molecule has 0 heterocycles. The van der Waals surface area contributed by atoms with E-state index in [1.54, 1.807) is 20.8 Å². The van der Waals surface area contributed by atoms with Crippen LogP contribution in [0.1, 0.15) is 33.6 Å². The number of carbonyl (C=O) groups excluding carboxylic acids is 1. The van der Waals surface area contributed by atoms with Gasteiger partial charge in [0.1, 0.15) is 16.0 Å². The molecule has 1 saturated carbocycles. The summed E-state index contributed by atoms with van der Waals surface area (Å²) < 4.78 is 74.0. The zero-order chi connectivity index (χ0) is 17.6. The van der Waals surface area contributed by atoms with Crippen LogP contribution in [0.25, 0.3) is 0 Å². The van der Waals surface area contributed by atoms with E-state index in [4.69, 9.17) is 4.74 Å². The molecule has 0 radical (unpaired) electrons. The molecule has 9 heteroatoms. The van der Waals surface area contributed by atoms with Crippen LogP contribution >= 0.6 is 11.9 Å². The summed E-state index contributed by atoms with van der Waals surface area (Å²) in [6.45, 7) is 4.95. The summed E-state index contributed by atoms with van der Waals surface area (Å²) >= 11 is 0.187. The fourth-order valence-corrected chi connectivity index (χ4v) is 2.62. The highest BCUT2D eigenvalue weighted by Gasteiger charge is 2.53. The summed E-state index contributed by atoms with van der Waals surface area (Å²) in [4.78, 5) is 10.9. The standard InChI is InChI=1S/C14H14F5NO2S/c1-13(2,3)22-12(21)14(4-5-14)20-23-11-9(18)7(16)6(15)8(17)10(11)19/h20H,4-5H2,1-3H3. The smallest absolute Gasteiger partial charge is 0.327 e. The Morgan fingerprint density at radius 3 is 1.83 bits per heavy atom. The second-order valence-corrected chi connectivity index (χ2v) is 7.00. The van der Waals surface area contributed by atoms with Crippen molar-refractivity contribution in [3.05, 3.63) is 29.1 Å². The van der Waals surface area contributed by atoms with Crippen molar-refractivity contribution in [1.29, 1.82) is 0 Å². The van der Waals surface area contributed by atoms with Crippen molar-refractivity contribution >= 4 is 17.9 Å². The van der Waals surface area contributed by atoms with Crippen molar-refractivity contribution in [3.63, 3.8) is 0 Å². The largest absolute Gasteiger partial charge is 0.459 e. The first-order valence-corrected chi connectivity index (χ1v) is 7.49. The summed E-state index contributed by atoms with van der Waals surface area (Å²) in [5, 5.41) is 0. The molecule has 0 aromatic heterocycles. The molecule has 1 aromatic carbocycles. The van der Waals surface area contributed by atoms with Gasteiger partial charge < -0.3 is 4.74 Å². The summed E-state index contributed by atoms with van der Waals surface area (Å²) in [7, 11) is 0. The Morgan fingerprint density at radius 2 is 1.43 bits per heavy atom. The number of ether oxygens (including phenoxy) is 1. The van der Waals surface area contributed by atoms with E-state index < -0.39 is 51.1 Å². The molecule has 23 heavy (non-hydrogen) atoms. The number of benzene rings is 1. The number of hydrogen-bond acceptors (Lipinski definition) is 4. The Labute approximate surface area is 133 Å². The van der Waals surface area contributed by atoms with E-state index in [2.05, 4.69) is 4.72 Å². The molecule has 1 fully saturated rings. The van der Waals surface area contributed by atoms with Crippen molar-refractivity contribution in [2.75, 3.05) is 0 Å². The predicted molar refractivity (Wildman–Crippen MR) is 73.0 cm³/mol. The second-order valence-electron chi connectivity index (χ2n) is 6.19. The third-order valence-corrected chi connectivity index (χ3v) is 4.11. The molecular weight excluding hydrogens is 341 g/mol. The van der Waals surface area contributed by atoms with Crippen molar-refractivity contribution in [3.8, 4) is 0 Å². The minimum Gasteiger partial charge on any atom is -0.459 e. The van der Waals surface area contributed by atoms with E-state index in [-0.39, 0.29) is 11.9 Å². The summed E-state index contributed by atoms with van der Waals surface area (Å²) in [5.41, 5.74) is -1.94. The molecule has 1 N–H and O–H groups in total. The number of nitrogens with one attached hydrogen (secondary N) is 1. The molecule has 1 aromatic rings. The Morgan fingerprint density at radius 1 is 1.00 bits per heavy atom. The van der Waals surface area contributed by atoms with E-state index in [9.17, 15) is 26.7 Å². The van der Waals surface area contributed by atoms with Crippen LogP contribution in [0.2, 0.25) is 0 Å². The molecule has 0 bridgehead atoms. The van der Waals surface area contributed by atoms with Gasteiger partial charge in [-0.15, -0.1) is 0 Å². The fourth-order valence-electron chi connectivity index (χ4n) is 1.67. The van der Waals surface area contributed by atoms with Crippen molar-refractivity contribution in [2.45, 2.75) is 49.6 Å². The minimum absolute atomic E-state index is 0.187. The highest BCUT2D eigenvalue weighted by Crippen LogP contribution is 2.41. The van der Waals surface area contributed by atoms with Crippen LogP contribution in [0.5, 0.6) is 0 Å². The van der Waals surface area contributed by atoms with Gasteiger partial charge in [0.15, 0.2) is 23.3 Å². The Kier molecular flexibility index (Phi) is 4.64. The lowest BCUT2D eigenvalue weighted by Crippen LogP contribution is -2.40. The molecule has 0 atom stereocenters. The SMILES string of the molecule is CC(C)(C)OC(=O)C1(NSc2c(F)c(F)c(F)c(F)c2F)CC1. The number of rotatable bonds is 4. The van der Waals surface area contributed by atoms with Gasteiger partial charge in [0.05, 0.1) is 0 Å². The van der Waals surface area contributed by atoms with Gasteiger partial charge in [0, 0.05) is 0 Å². The van der Waals surface area contributed by atoms with E-state index in [0.717, 1.165) is 0 Å². The molecule has 0 aliphatic heterocycles. The lowest BCUT2D eigenvalue weighted by molar-refractivity contribution is -0.158. The predicted octanol–water partition coefficient (Wildman–Crippen LogP) is 3.85. The molecule has 3 nitrogen and oxygen atoms in total. The summed E-state index contributed by atoms with van der Waals surface area (Å²) in [6.07, 6.45) is 0.675. The third-order valence-electron chi connectivity index (χ3n) is 3.06. The van der Waals surface area contributed by atoms with E-state index >= 15 is 0 Å². The van der Waals surface area contributed by atoms with Crippen LogP contribution in [0.4, 0.5) is 22.0 Å². The molecule has 0 saturated heterocycles. The maximum absolute atomic E-state index is 13.6. The van der Waals surface area contributed by atoms with Gasteiger partial charge in [-0.25, -0.2) is 31.5 Å². The van der Waals surface area contributed by atoms with E-state index in [1.807, 2.05) is 0 Å². The van der Waals surface area contributed by atoms with Crippen LogP contribution < -0.4 is 4.72 Å². The maximum atomic E-state index is 13.6. The highest BCUT2D eigenvalue weighted by atomic mass is 32.2. The van der Waals surface area contributed by atoms with Crippen LogP contribution in [-0.2, 0) is 9.53 Å². The molecule has 128 valence electrons. The maximum Gasteiger partial charge on any atom is 0.327 e. The minimum atomic E-state index is -2.22. The fraction of sp³-hybridized carbons (Fsp3) is 0.500. The molecule has 0 spiro atoms. The molecular formula is C14H14F5NO2S. The normalized spacial score (nSPS) is 16.3. The monoisotopic (exact) mass is 355 g/mol. The van der Waals surface area contributed by atoms with Crippen LogP contribution in [0, 0.1) is 29.1 Å². The van der Waals surface area contributed by atoms with Gasteiger partial charge in [-0.3, -0.25) is 0 Å². The molecule has 2 rings (SSSR count). The van der Waals surface area contributed by atoms with E-state index in [1.165, 1.54) is 0 Å².